The minimum absolute atomic E-state index is 0.273. The van der Waals surface area contributed by atoms with Crippen LogP contribution in [0, 0.1) is 0 Å². The molecule has 12 heavy (non-hydrogen) atoms. The summed E-state index contributed by atoms with van der Waals surface area (Å²) in [7, 11) is 1.57. The lowest BCUT2D eigenvalue weighted by molar-refractivity contribution is 0.0994. The van der Waals surface area contributed by atoms with Crippen molar-refractivity contribution in [1.29, 1.82) is 0 Å². The van der Waals surface area contributed by atoms with Crippen LogP contribution in [0.2, 0.25) is 0 Å². The zero-order valence-corrected chi connectivity index (χ0v) is 10.6. The molecule has 1 aliphatic rings. The van der Waals surface area contributed by atoms with Crippen LogP contribution in [0.3, 0.4) is 0 Å². The lowest BCUT2D eigenvalue weighted by Crippen LogP contribution is -1.89. The smallest absolute Gasteiger partial charge is 0.165 e. The fourth-order valence-corrected chi connectivity index (χ4v) is 4.19. The van der Waals surface area contributed by atoms with Gasteiger partial charge in [-0.2, -0.15) is 0 Å². The van der Waals surface area contributed by atoms with Crippen molar-refractivity contribution in [3.8, 4) is 0 Å². The van der Waals surface area contributed by atoms with Crippen molar-refractivity contribution < 1.29 is 4.79 Å². The van der Waals surface area contributed by atoms with Gasteiger partial charge in [0.1, 0.15) is 0 Å². The van der Waals surface area contributed by atoms with Crippen LogP contribution in [0.25, 0.3) is 0 Å². The molecule has 0 amide bonds. The van der Waals surface area contributed by atoms with Crippen LogP contribution in [-0.2, 0) is 6.42 Å². The van der Waals surface area contributed by atoms with E-state index in [2.05, 4.69) is 37.1 Å². The molecule has 1 aliphatic carbocycles. The van der Waals surface area contributed by atoms with E-state index in [1.54, 1.807) is 9.12 Å². The van der Waals surface area contributed by atoms with E-state index in [4.69, 9.17) is 0 Å². The molecular formula is C7H5BrINOS. The summed E-state index contributed by atoms with van der Waals surface area (Å²) in [5.41, 5.74) is 2.07. The first kappa shape index (κ1) is 9.08. The third-order valence-electron chi connectivity index (χ3n) is 1.99. The Morgan fingerprint density at radius 2 is 2.33 bits per heavy atom. The number of carbonyl (C=O) groups is 1. The lowest BCUT2D eigenvalue weighted by atomic mass is 10.2. The second-order valence-corrected chi connectivity index (χ2v) is 5.09. The average Bonchev–Trinajstić information content (AvgIpc) is 2.55. The first-order valence-electron chi connectivity index (χ1n) is 3.46. The second-order valence-electron chi connectivity index (χ2n) is 2.63. The Balaban J connectivity index is 2.57. The van der Waals surface area contributed by atoms with E-state index in [0.717, 1.165) is 16.6 Å². The molecule has 0 N–H and O–H groups in total. The van der Waals surface area contributed by atoms with Crippen LogP contribution in [0.15, 0.2) is 10.8 Å². The molecule has 0 spiro atoms. The van der Waals surface area contributed by atoms with Gasteiger partial charge in [-0.15, -0.1) is 0 Å². The van der Waals surface area contributed by atoms with E-state index in [1.807, 2.05) is 10.2 Å². The number of fused-ring (bicyclic) bond motifs is 1. The third kappa shape index (κ3) is 1.26. The van der Waals surface area contributed by atoms with Crippen molar-refractivity contribution in [3.63, 3.8) is 0 Å². The number of nitrogens with zero attached hydrogens (tertiary/aromatic N) is 1. The molecule has 0 fully saturated rings. The maximum Gasteiger partial charge on any atom is 0.165 e. The zero-order chi connectivity index (χ0) is 8.72. The van der Waals surface area contributed by atoms with Crippen LogP contribution < -0.4 is 0 Å². The second kappa shape index (κ2) is 3.34. The third-order valence-corrected chi connectivity index (χ3v) is 4.80. The summed E-state index contributed by atoms with van der Waals surface area (Å²) in [6.45, 7) is 0. The minimum Gasteiger partial charge on any atom is -0.294 e. The Labute approximate surface area is 94.9 Å². The van der Waals surface area contributed by atoms with Gasteiger partial charge in [-0.1, -0.05) is 0 Å². The summed E-state index contributed by atoms with van der Waals surface area (Å²) in [5, 5.41) is 0. The van der Waals surface area contributed by atoms with Gasteiger partial charge in [0, 0.05) is 48.5 Å². The summed E-state index contributed by atoms with van der Waals surface area (Å²) >= 11 is 5.67. The predicted molar refractivity (Wildman–Crippen MR) is 61.8 cm³/mol. The molecule has 0 aliphatic heterocycles. The van der Waals surface area contributed by atoms with Gasteiger partial charge in [-0.3, -0.25) is 8.77 Å². The molecule has 2 nitrogen and oxygen atoms in total. The maximum atomic E-state index is 11.3. The van der Waals surface area contributed by atoms with Crippen LogP contribution in [0.1, 0.15) is 22.3 Å². The molecule has 0 saturated carbocycles. The fourth-order valence-electron chi connectivity index (χ4n) is 1.40. The number of hydrogen-bond acceptors (Lipinski definition) is 2. The van der Waals surface area contributed by atoms with Crippen molar-refractivity contribution in [2.24, 2.45) is 0 Å². The largest absolute Gasteiger partial charge is 0.294 e. The monoisotopic (exact) mass is 357 g/mol. The van der Waals surface area contributed by atoms with Gasteiger partial charge < -0.3 is 0 Å². The molecule has 0 radical (unpaired) electrons. The normalized spacial score (nSPS) is 15.3. The quantitative estimate of drug-likeness (QED) is 0.720. The Morgan fingerprint density at radius 3 is 2.92 bits per heavy atom. The summed E-state index contributed by atoms with van der Waals surface area (Å²) < 4.78 is 3.02. The molecule has 5 heteroatoms. The highest BCUT2D eigenvalue weighted by molar-refractivity contribution is 14.2. The van der Waals surface area contributed by atoms with Gasteiger partial charge in [-0.25, -0.2) is 0 Å². The van der Waals surface area contributed by atoms with Crippen molar-refractivity contribution in [2.75, 3.05) is 0 Å². The molecule has 64 valence electrons. The van der Waals surface area contributed by atoms with Crippen LogP contribution in [-0.4, -0.2) is 9.76 Å². The highest BCUT2D eigenvalue weighted by atomic mass is 127. The van der Waals surface area contributed by atoms with E-state index < -0.39 is 0 Å². The van der Waals surface area contributed by atoms with Crippen molar-refractivity contribution >= 4 is 52.0 Å². The summed E-state index contributed by atoms with van der Waals surface area (Å²) in [6, 6.07) is 0. The first-order chi connectivity index (χ1) is 5.74. The van der Waals surface area contributed by atoms with Crippen molar-refractivity contribution in [3.05, 3.63) is 21.9 Å². The van der Waals surface area contributed by atoms with Crippen LogP contribution >= 0.6 is 46.3 Å². The van der Waals surface area contributed by atoms with E-state index in [9.17, 15) is 4.79 Å². The molecule has 0 unspecified atom stereocenters. The summed E-state index contributed by atoms with van der Waals surface area (Å²) in [4.78, 5) is 11.3. The molecule has 2 rings (SSSR count). The maximum absolute atomic E-state index is 11.3. The number of halogens is 2. The van der Waals surface area contributed by atoms with Gasteiger partial charge in [0.15, 0.2) is 5.78 Å². The standard InChI is InChI=1S/C7H5BrINOS/c8-7-4-1-2-6(11)5(4)3-10(7)12-9/h3H,1-2H2. The topological polar surface area (TPSA) is 22.0 Å². The van der Waals surface area contributed by atoms with Gasteiger partial charge in [-0.05, 0) is 27.9 Å². The van der Waals surface area contributed by atoms with Crippen molar-refractivity contribution in [1.82, 2.24) is 3.97 Å². The van der Waals surface area contributed by atoms with Crippen molar-refractivity contribution in [2.45, 2.75) is 12.8 Å². The number of carbonyl (C=O) groups excluding carboxylic acids is 1. The summed E-state index contributed by atoms with van der Waals surface area (Å²) in [6.07, 6.45) is 3.47. The van der Waals surface area contributed by atoms with Gasteiger partial charge in [0.05, 0.1) is 4.60 Å². The Hall–Kier alpha value is 0.510. The highest BCUT2D eigenvalue weighted by Gasteiger charge is 2.25. The van der Waals surface area contributed by atoms with E-state index in [0.29, 0.717) is 6.42 Å². The SMILES string of the molecule is O=C1CCc2c1cn(SI)c2Br. The number of Topliss-reactive ketones (excluding diaryl/α,β-unsaturated/α-hetero) is 1. The Bertz CT molecular complexity index is 349. The lowest BCUT2D eigenvalue weighted by Gasteiger charge is -1.96. The zero-order valence-electron chi connectivity index (χ0n) is 6.01. The molecule has 1 heterocycles. The summed E-state index contributed by atoms with van der Waals surface area (Å²) in [5.74, 6) is 0.273. The predicted octanol–water partition coefficient (Wildman–Crippen LogP) is 3.23. The highest BCUT2D eigenvalue weighted by Crippen LogP contribution is 2.35. The Kier molecular flexibility index (Phi) is 2.53. The molecule has 1 aromatic heterocycles. The molecule has 0 atom stereocenters. The molecule has 1 aromatic rings. The van der Waals surface area contributed by atoms with Gasteiger partial charge in [0.25, 0.3) is 0 Å². The van der Waals surface area contributed by atoms with Gasteiger partial charge >= 0.3 is 0 Å². The molecule has 0 aromatic carbocycles. The van der Waals surface area contributed by atoms with E-state index in [-0.39, 0.29) is 5.78 Å². The van der Waals surface area contributed by atoms with E-state index >= 15 is 0 Å². The van der Waals surface area contributed by atoms with Crippen LogP contribution in [0.4, 0.5) is 0 Å². The molecular weight excluding hydrogens is 353 g/mol. The molecule has 0 bridgehead atoms. The number of ketones is 1. The number of rotatable bonds is 1. The Morgan fingerprint density at radius 1 is 1.58 bits per heavy atom. The first-order valence-corrected chi connectivity index (χ1v) is 7.57. The van der Waals surface area contributed by atoms with E-state index in [1.165, 1.54) is 5.56 Å². The number of aromatic nitrogens is 1. The fraction of sp³-hybridized carbons (Fsp3) is 0.286. The van der Waals surface area contributed by atoms with Crippen LogP contribution in [0.5, 0.6) is 0 Å². The van der Waals surface area contributed by atoms with Gasteiger partial charge in [0.2, 0.25) is 0 Å². The molecule has 0 saturated heterocycles. The number of hydrogen-bond donors (Lipinski definition) is 0. The minimum atomic E-state index is 0.273. The average molecular weight is 358 g/mol.